The van der Waals surface area contributed by atoms with Crippen LogP contribution < -0.4 is 15.4 Å². The third-order valence-electron chi connectivity index (χ3n) is 7.21. The Balaban J connectivity index is 1.54. The zero-order valence-electron chi connectivity index (χ0n) is 20.5. The average Bonchev–Trinajstić information content (AvgIpc) is 3.12. The molecule has 0 unspecified atom stereocenters. The normalized spacial score (nSPS) is 28.4. The summed E-state index contributed by atoms with van der Waals surface area (Å²) >= 11 is 0. The van der Waals surface area contributed by atoms with Crippen LogP contribution in [0.4, 0.5) is 4.79 Å². The Hall–Kier alpha value is -2.51. The van der Waals surface area contributed by atoms with Gasteiger partial charge in [-0.3, -0.25) is 4.79 Å². The van der Waals surface area contributed by atoms with Crippen LogP contribution in [0.5, 0.6) is 5.88 Å². The summed E-state index contributed by atoms with van der Waals surface area (Å²) in [4.78, 5) is 25.1. The Morgan fingerprint density at radius 1 is 1.21 bits per heavy atom. The van der Waals surface area contributed by atoms with E-state index in [1.54, 1.807) is 23.2 Å². The number of alkyl carbamates (subject to hydrolysis) is 1. The molecule has 0 spiro atoms. The number of ether oxygens (including phenoxy) is 2. The van der Waals surface area contributed by atoms with Gasteiger partial charge in [-0.25, -0.2) is 9.48 Å². The molecular formula is C25H38N4O4. The fourth-order valence-electron chi connectivity index (χ4n) is 6.19. The molecule has 4 aliphatic carbocycles. The second-order valence-corrected chi connectivity index (χ2v) is 11.3. The third kappa shape index (κ3) is 5.36. The Morgan fingerprint density at radius 2 is 1.82 bits per heavy atom. The molecule has 0 atom stereocenters. The van der Waals surface area contributed by atoms with Gasteiger partial charge in [-0.05, 0) is 82.1 Å². The van der Waals surface area contributed by atoms with Gasteiger partial charge >= 0.3 is 6.09 Å². The second-order valence-electron chi connectivity index (χ2n) is 11.3. The molecule has 0 saturated heterocycles. The molecule has 5 rings (SSSR count). The molecule has 1 heterocycles. The summed E-state index contributed by atoms with van der Waals surface area (Å²) in [5.74, 6) is 2.88. The van der Waals surface area contributed by atoms with Gasteiger partial charge in [0.2, 0.25) is 5.88 Å². The molecule has 0 radical (unpaired) electrons. The van der Waals surface area contributed by atoms with Gasteiger partial charge in [-0.15, -0.1) is 0 Å². The number of rotatable bonds is 8. The van der Waals surface area contributed by atoms with E-state index in [1.165, 1.54) is 26.4 Å². The zero-order valence-corrected chi connectivity index (χ0v) is 20.5. The zero-order chi connectivity index (χ0) is 23.8. The topological polar surface area (TPSA) is 94.5 Å². The molecule has 2 amide bonds. The molecule has 1 aromatic rings. The minimum Gasteiger partial charge on any atom is -0.477 e. The summed E-state index contributed by atoms with van der Waals surface area (Å²) < 4.78 is 12.3. The van der Waals surface area contributed by atoms with Gasteiger partial charge in [0.25, 0.3) is 5.91 Å². The van der Waals surface area contributed by atoms with Crippen molar-refractivity contribution in [3.63, 3.8) is 0 Å². The van der Waals surface area contributed by atoms with Crippen LogP contribution in [-0.2, 0) is 4.74 Å². The maximum absolute atomic E-state index is 13.5. The predicted octanol–water partition coefficient (Wildman–Crippen LogP) is 4.22. The molecule has 1 aromatic heterocycles. The quantitative estimate of drug-likeness (QED) is 0.608. The number of hydrogen-bond acceptors (Lipinski definition) is 5. The maximum Gasteiger partial charge on any atom is 0.407 e. The number of nitrogens with one attached hydrogen (secondary N) is 2. The van der Waals surface area contributed by atoms with E-state index < -0.39 is 11.6 Å². The van der Waals surface area contributed by atoms with Gasteiger partial charge in [0.1, 0.15) is 5.56 Å². The first-order chi connectivity index (χ1) is 15.6. The van der Waals surface area contributed by atoms with Crippen molar-refractivity contribution in [2.24, 2.45) is 23.7 Å². The fourth-order valence-corrected chi connectivity index (χ4v) is 6.19. The number of carbonyl (C=O) groups excluding carboxylic acids is 2. The Kier molecular flexibility index (Phi) is 6.47. The Bertz CT molecular complexity index is 882. The van der Waals surface area contributed by atoms with Crippen molar-refractivity contribution in [3.8, 4) is 5.88 Å². The molecule has 0 aromatic carbocycles. The van der Waals surface area contributed by atoms with Crippen LogP contribution in [0.3, 0.4) is 0 Å². The molecule has 2 N–H and O–H groups in total. The lowest BCUT2D eigenvalue weighted by Crippen LogP contribution is -2.59. The van der Waals surface area contributed by atoms with Gasteiger partial charge in [0.15, 0.2) is 0 Å². The van der Waals surface area contributed by atoms with E-state index in [1.807, 2.05) is 13.8 Å². The fraction of sp³-hybridized carbons (Fsp3) is 0.720. The van der Waals surface area contributed by atoms with Gasteiger partial charge in [0.05, 0.1) is 25.5 Å². The number of aromatic nitrogens is 2. The number of nitrogens with zero attached hydrogens (tertiary/aromatic N) is 2. The van der Waals surface area contributed by atoms with Gasteiger partial charge in [-0.2, -0.15) is 5.10 Å². The van der Waals surface area contributed by atoms with Crippen LogP contribution in [-0.4, -0.2) is 46.6 Å². The molecule has 33 heavy (non-hydrogen) atoms. The predicted molar refractivity (Wildman–Crippen MR) is 126 cm³/mol. The van der Waals surface area contributed by atoms with Gasteiger partial charge in [0, 0.05) is 11.7 Å². The van der Waals surface area contributed by atoms with Crippen LogP contribution in [0.15, 0.2) is 12.3 Å². The first-order valence-corrected chi connectivity index (χ1v) is 12.2. The summed E-state index contributed by atoms with van der Waals surface area (Å²) in [5.41, 5.74) is -0.295. The van der Waals surface area contributed by atoms with Crippen LogP contribution in [0.2, 0.25) is 0 Å². The monoisotopic (exact) mass is 458 g/mol. The molecule has 4 fully saturated rings. The van der Waals surface area contributed by atoms with Crippen molar-refractivity contribution in [1.82, 2.24) is 20.4 Å². The highest BCUT2D eigenvalue weighted by Gasteiger charge is 2.51. The summed E-state index contributed by atoms with van der Waals surface area (Å²) in [6.45, 7) is 8.30. The molecule has 182 valence electrons. The first-order valence-electron chi connectivity index (χ1n) is 12.2. The lowest BCUT2D eigenvalue weighted by molar-refractivity contribution is -0.0167. The number of methoxy groups -OCH3 is 1. The molecule has 8 nitrogen and oxygen atoms in total. The van der Waals surface area contributed by atoms with Gasteiger partial charge < -0.3 is 20.1 Å². The minimum atomic E-state index is -0.671. The largest absolute Gasteiger partial charge is 0.477 e. The number of hydrogen-bond donors (Lipinski definition) is 2. The molecule has 4 bridgehead atoms. The van der Waals surface area contributed by atoms with Crippen molar-refractivity contribution in [2.45, 2.75) is 77.3 Å². The third-order valence-corrected chi connectivity index (χ3v) is 7.21. The highest BCUT2D eigenvalue weighted by atomic mass is 16.5. The SMILES string of the molecule is COC(=O)NC(C)(C)/C=C/n1ncc(C(=O)NC23CC4CC(CC(C4)C2)C3)c1OCC(C)C. The van der Waals surface area contributed by atoms with E-state index in [0.29, 0.717) is 24.0 Å². The van der Waals surface area contributed by atoms with Gasteiger partial charge in [-0.1, -0.05) is 13.8 Å². The summed E-state index contributed by atoms with van der Waals surface area (Å²) in [6.07, 6.45) is 11.8. The van der Waals surface area contributed by atoms with Crippen molar-refractivity contribution in [2.75, 3.05) is 13.7 Å². The van der Waals surface area contributed by atoms with E-state index in [0.717, 1.165) is 37.0 Å². The smallest absolute Gasteiger partial charge is 0.407 e. The molecule has 0 aliphatic heterocycles. The highest BCUT2D eigenvalue weighted by Crippen LogP contribution is 2.55. The Morgan fingerprint density at radius 3 is 2.36 bits per heavy atom. The molecule has 8 heteroatoms. The second kappa shape index (κ2) is 9.03. The minimum absolute atomic E-state index is 0.0779. The maximum atomic E-state index is 13.5. The summed E-state index contributed by atoms with van der Waals surface area (Å²) in [6, 6.07) is 0. The lowest BCUT2D eigenvalue weighted by atomic mass is 9.53. The number of carbonyl (C=O) groups is 2. The van der Waals surface area contributed by atoms with E-state index >= 15 is 0 Å². The van der Waals surface area contributed by atoms with Crippen LogP contribution in [0.25, 0.3) is 6.20 Å². The molecular weight excluding hydrogens is 420 g/mol. The van der Waals surface area contributed by atoms with Crippen LogP contribution in [0, 0.1) is 23.7 Å². The van der Waals surface area contributed by atoms with E-state index in [-0.39, 0.29) is 11.4 Å². The summed E-state index contributed by atoms with van der Waals surface area (Å²) in [7, 11) is 1.33. The molecule has 4 saturated carbocycles. The van der Waals surface area contributed by atoms with Crippen molar-refractivity contribution in [1.29, 1.82) is 0 Å². The first kappa shape index (κ1) is 23.6. The van der Waals surface area contributed by atoms with Crippen molar-refractivity contribution < 1.29 is 19.1 Å². The highest BCUT2D eigenvalue weighted by molar-refractivity contribution is 5.97. The van der Waals surface area contributed by atoms with Crippen LogP contribution in [0.1, 0.15) is 76.6 Å². The Labute approximate surface area is 196 Å². The van der Waals surface area contributed by atoms with E-state index in [2.05, 4.69) is 29.6 Å². The van der Waals surface area contributed by atoms with E-state index in [9.17, 15) is 9.59 Å². The molecule has 4 aliphatic rings. The summed E-state index contributed by atoms with van der Waals surface area (Å²) in [5, 5.41) is 10.6. The standard InChI is InChI=1S/C25H38N4O4/c1-16(2)15-33-22-20(14-26-29(22)7-6-24(3,4)28-23(31)32-5)21(30)27-25-11-17-8-18(12-25)10-19(9-17)13-25/h6-7,14,16-19H,8-13,15H2,1-5H3,(H,27,30)(H,28,31)/b7-6+. The van der Waals surface area contributed by atoms with Crippen molar-refractivity contribution in [3.05, 3.63) is 17.8 Å². The van der Waals surface area contributed by atoms with E-state index in [4.69, 9.17) is 9.47 Å². The number of amides is 2. The average molecular weight is 459 g/mol. The van der Waals surface area contributed by atoms with Crippen molar-refractivity contribution >= 4 is 18.2 Å². The lowest BCUT2D eigenvalue weighted by Gasteiger charge is -2.56. The van der Waals surface area contributed by atoms with Crippen LogP contribution >= 0.6 is 0 Å².